The van der Waals surface area contributed by atoms with Crippen molar-refractivity contribution in [1.82, 2.24) is 15.3 Å². The Kier molecular flexibility index (Phi) is 2.98. The molecule has 0 aromatic carbocycles. The number of hydrazine groups is 1. The van der Waals surface area contributed by atoms with E-state index in [2.05, 4.69) is 18.9 Å². The first-order valence-corrected chi connectivity index (χ1v) is 3.93. The highest BCUT2D eigenvalue weighted by molar-refractivity contribution is 4.93. The van der Waals surface area contributed by atoms with Gasteiger partial charge in [-0.3, -0.25) is 5.01 Å². The Morgan fingerprint density at radius 1 is 1.64 bits per heavy atom. The topological polar surface area (TPSA) is 18.5 Å². The van der Waals surface area contributed by atoms with Crippen LogP contribution in [0, 0.1) is 0 Å². The second kappa shape index (κ2) is 4.03. The van der Waals surface area contributed by atoms with Crippen molar-refractivity contribution in [2.45, 2.75) is 13.3 Å². The van der Waals surface area contributed by atoms with Crippen molar-refractivity contribution in [3.8, 4) is 0 Å². The van der Waals surface area contributed by atoms with Crippen molar-refractivity contribution in [2.24, 2.45) is 0 Å². The van der Waals surface area contributed by atoms with E-state index in [9.17, 15) is 0 Å². The van der Waals surface area contributed by atoms with Gasteiger partial charge in [0.25, 0.3) is 0 Å². The lowest BCUT2D eigenvalue weighted by Gasteiger charge is -2.18. The largest absolute Gasteiger partial charge is 0.334 e. The summed E-state index contributed by atoms with van der Waals surface area (Å²) in [5, 5.41) is 2.05. The highest BCUT2D eigenvalue weighted by Gasteiger charge is 2.06. The van der Waals surface area contributed by atoms with Crippen molar-refractivity contribution in [3.63, 3.8) is 0 Å². The third kappa shape index (κ3) is 2.27. The highest BCUT2D eigenvalue weighted by Crippen LogP contribution is 2.02. The van der Waals surface area contributed by atoms with Crippen molar-refractivity contribution in [3.05, 3.63) is 25.2 Å². The van der Waals surface area contributed by atoms with Crippen LogP contribution in [0.5, 0.6) is 0 Å². The molecule has 0 atom stereocenters. The molecule has 0 amide bonds. The van der Waals surface area contributed by atoms with E-state index in [1.807, 2.05) is 28.5 Å². The third-order valence-electron chi connectivity index (χ3n) is 1.55. The molecule has 3 nitrogen and oxygen atoms in total. The summed E-state index contributed by atoms with van der Waals surface area (Å²) in [6.45, 7) is 7.72. The minimum absolute atomic E-state index is 0.865. The van der Waals surface area contributed by atoms with Gasteiger partial charge in [-0.15, -0.1) is 0 Å². The maximum Gasteiger partial charge on any atom is 0.108 e. The molecule has 0 fully saturated rings. The molecule has 0 aliphatic carbocycles. The van der Waals surface area contributed by atoms with Crippen molar-refractivity contribution in [2.75, 3.05) is 13.2 Å². The molecule has 3 heteroatoms. The molecule has 0 saturated heterocycles. The average molecular weight is 153 g/mol. The number of nitrogens with zero attached hydrogens (tertiary/aromatic N) is 2. The van der Waals surface area contributed by atoms with E-state index < -0.39 is 0 Å². The molecule has 1 aliphatic heterocycles. The fourth-order valence-corrected chi connectivity index (χ4v) is 0.913. The smallest absolute Gasteiger partial charge is 0.108 e. The van der Waals surface area contributed by atoms with E-state index in [1.54, 1.807) is 0 Å². The summed E-state index contributed by atoms with van der Waals surface area (Å²) in [6, 6.07) is 0. The van der Waals surface area contributed by atoms with Crippen LogP contribution in [-0.2, 0) is 0 Å². The molecule has 0 bridgehead atoms. The maximum atomic E-state index is 3.68. The molecule has 1 aliphatic rings. The standard InChI is InChI=1S/C8H15N3/c1-3-5-9-11-7-6-10(4-2)8-11/h4,6-7,9H,2-3,5,8H2,1H3. The van der Waals surface area contributed by atoms with E-state index in [1.165, 1.54) is 0 Å². The van der Waals surface area contributed by atoms with Crippen molar-refractivity contribution >= 4 is 0 Å². The van der Waals surface area contributed by atoms with E-state index >= 15 is 0 Å². The summed E-state index contributed by atoms with van der Waals surface area (Å²) >= 11 is 0. The Morgan fingerprint density at radius 2 is 2.45 bits per heavy atom. The van der Waals surface area contributed by atoms with Crippen LogP contribution in [0.15, 0.2) is 25.2 Å². The predicted octanol–water partition coefficient (Wildman–Crippen LogP) is 1.09. The first-order valence-electron chi connectivity index (χ1n) is 3.93. The van der Waals surface area contributed by atoms with E-state index in [0.717, 1.165) is 19.6 Å². The van der Waals surface area contributed by atoms with Crippen molar-refractivity contribution < 1.29 is 0 Å². The molecule has 62 valence electrons. The van der Waals surface area contributed by atoms with Crippen LogP contribution in [-0.4, -0.2) is 23.1 Å². The molecule has 11 heavy (non-hydrogen) atoms. The number of nitrogens with one attached hydrogen (secondary N) is 1. The molecule has 1 heterocycles. The molecule has 0 saturated carbocycles. The Hall–Kier alpha value is -0.960. The molecule has 0 spiro atoms. The summed E-state index contributed by atoms with van der Waals surface area (Å²) < 4.78 is 0. The first-order chi connectivity index (χ1) is 5.36. The van der Waals surface area contributed by atoms with Gasteiger partial charge in [-0.1, -0.05) is 13.5 Å². The molecule has 0 unspecified atom stereocenters. The van der Waals surface area contributed by atoms with Crippen LogP contribution in [0.2, 0.25) is 0 Å². The van der Waals surface area contributed by atoms with Gasteiger partial charge in [-0.05, 0) is 12.6 Å². The zero-order chi connectivity index (χ0) is 8.10. The molecule has 0 aromatic heterocycles. The minimum Gasteiger partial charge on any atom is -0.334 e. The summed E-state index contributed by atoms with van der Waals surface area (Å²) in [4.78, 5) is 2.02. The predicted molar refractivity (Wildman–Crippen MR) is 46.2 cm³/mol. The van der Waals surface area contributed by atoms with Gasteiger partial charge >= 0.3 is 0 Å². The monoisotopic (exact) mass is 153 g/mol. The lowest BCUT2D eigenvalue weighted by atomic mass is 10.5. The van der Waals surface area contributed by atoms with Gasteiger partial charge in [0.15, 0.2) is 0 Å². The second-order valence-corrected chi connectivity index (χ2v) is 2.51. The van der Waals surface area contributed by atoms with Gasteiger partial charge in [0.05, 0.1) is 0 Å². The molecule has 1 N–H and O–H groups in total. The molecule has 0 radical (unpaired) electrons. The SMILES string of the molecule is C=CN1C=CN(NCCC)C1. The normalized spacial score (nSPS) is 16.1. The van der Waals surface area contributed by atoms with Gasteiger partial charge in [0.2, 0.25) is 0 Å². The van der Waals surface area contributed by atoms with Crippen LogP contribution in [0.3, 0.4) is 0 Å². The maximum absolute atomic E-state index is 3.68. The van der Waals surface area contributed by atoms with Gasteiger partial charge in [-0.2, -0.15) is 0 Å². The van der Waals surface area contributed by atoms with Gasteiger partial charge in [0.1, 0.15) is 6.67 Å². The van der Waals surface area contributed by atoms with E-state index in [0.29, 0.717) is 0 Å². The zero-order valence-corrected chi connectivity index (χ0v) is 6.95. The second-order valence-electron chi connectivity index (χ2n) is 2.51. The zero-order valence-electron chi connectivity index (χ0n) is 6.95. The van der Waals surface area contributed by atoms with Gasteiger partial charge in [0, 0.05) is 18.9 Å². The van der Waals surface area contributed by atoms with Crippen LogP contribution in [0.4, 0.5) is 0 Å². The highest BCUT2D eigenvalue weighted by atomic mass is 15.6. The van der Waals surface area contributed by atoms with E-state index in [-0.39, 0.29) is 0 Å². The number of rotatable bonds is 4. The van der Waals surface area contributed by atoms with Crippen LogP contribution < -0.4 is 5.43 Å². The third-order valence-corrected chi connectivity index (χ3v) is 1.55. The molecule has 1 rings (SSSR count). The summed E-state index contributed by atoms with van der Waals surface area (Å²) in [5.41, 5.74) is 3.25. The Bertz CT molecular complexity index is 153. The number of hydrogen-bond acceptors (Lipinski definition) is 3. The quantitative estimate of drug-likeness (QED) is 0.652. The molecular weight excluding hydrogens is 138 g/mol. The van der Waals surface area contributed by atoms with Crippen LogP contribution in [0.1, 0.15) is 13.3 Å². The van der Waals surface area contributed by atoms with Crippen LogP contribution in [0.25, 0.3) is 0 Å². The minimum atomic E-state index is 0.865. The molecular formula is C8H15N3. The van der Waals surface area contributed by atoms with Gasteiger partial charge in [-0.25, -0.2) is 5.43 Å². The Labute approximate surface area is 67.9 Å². The van der Waals surface area contributed by atoms with Crippen molar-refractivity contribution in [1.29, 1.82) is 0 Å². The average Bonchev–Trinajstić information content (AvgIpc) is 2.48. The van der Waals surface area contributed by atoms with E-state index in [4.69, 9.17) is 0 Å². The number of hydrogen-bond donors (Lipinski definition) is 1. The fourth-order valence-electron chi connectivity index (χ4n) is 0.913. The lowest BCUT2D eigenvalue weighted by Crippen LogP contribution is -2.35. The first kappa shape index (κ1) is 8.14. The molecule has 0 aromatic rings. The summed E-state index contributed by atoms with van der Waals surface area (Å²) in [5.74, 6) is 0. The Balaban J connectivity index is 2.20. The summed E-state index contributed by atoms with van der Waals surface area (Å²) in [7, 11) is 0. The van der Waals surface area contributed by atoms with Gasteiger partial charge < -0.3 is 4.90 Å². The summed E-state index contributed by atoms with van der Waals surface area (Å²) in [6.07, 6.45) is 6.97. The Morgan fingerprint density at radius 3 is 3.00 bits per heavy atom. The van der Waals surface area contributed by atoms with Crippen LogP contribution >= 0.6 is 0 Å². The lowest BCUT2D eigenvalue weighted by molar-refractivity contribution is 0.235. The fraction of sp³-hybridized carbons (Fsp3) is 0.500.